The molecule has 25 heavy (non-hydrogen) atoms. The fraction of sp³-hybridized carbons (Fsp3) is 0.625. The molecular weight excluding hydrogens is 336 g/mol. The molecule has 0 rings (SSSR count). The summed E-state index contributed by atoms with van der Waals surface area (Å²) in [5, 5.41) is 0. The van der Waals surface area contributed by atoms with Gasteiger partial charge in [-0.1, -0.05) is 0 Å². The molecule has 1 atom stereocenters. The van der Waals surface area contributed by atoms with E-state index in [4.69, 9.17) is 14.2 Å². The van der Waals surface area contributed by atoms with Gasteiger partial charge in [-0.2, -0.15) is 0 Å². The minimum Gasteiger partial charge on any atom is -0.465 e. The van der Waals surface area contributed by atoms with Crippen LogP contribution in [0.25, 0.3) is 0 Å². The molecule has 0 fully saturated rings. The number of carbonyl (C=O) groups excluding carboxylic acids is 6. The minimum atomic E-state index is -0.951. The molecule has 0 N–H and O–H groups in total. The molecular formula is C16H22O9. The number of carbonyl (C=O) groups is 6. The van der Waals surface area contributed by atoms with Crippen LogP contribution in [0.4, 0.5) is 0 Å². The number of esters is 3. The lowest BCUT2D eigenvalue weighted by Gasteiger charge is -2.17. The SMILES string of the molecule is CC(=O)CC(=O)OCCC(COC(=O)CC(C)=O)OC(=O)CC(C)=O. The molecule has 0 aromatic carbocycles. The van der Waals surface area contributed by atoms with E-state index >= 15 is 0 Å². The van der Waals surface area contributed by atoms with Gasteiger partial charge in [-0.3, -0.25) is 28.8 Å². The van der Waals surface area contributed by atoms with Crippen molar-refractivity contribution >= 4 is 35.3 Å². The monoisotopic (exact) mass is 358 g/mol. The second-order valence-corrected chi connectivity index (χ2v) is 5.44. The van der Waals surface area contributed by atoms with Crippen LogP contribution in [0.2, 0.25) is 0 Å². The molecule has 0 heterocycles. The van der Waals surface area contributed by atoms with Crippen molar-refractivity contribution in [2.75, 3.05) is 13.2 Å². The number of Topliss-reactive ketones (excluding diaryl/α,β-unsaturated/α-hetero) is 3. The number of ether oxygens (including phenoxy) is 3. The van der Waals surface area contributed by atoms with Gasteiger partial charge in [0.05, 0.1) is 6.61 Å². The Hall–Kier alpha value is -2.58. The topological polar surface area (TPSA) is 130 Å². The van der Waals surface area contributed by atoms with Crippen LogP contribution >= 0.6 is 0 Å². The Kier molecular flexibility index (Phi) is 10.7. The Bertz CT molecular complexity index is 536. The first-order valence-electron chi connectivity index (χ1n) is 7.59. The Morgan fingerprint density at radius 3 is 1.60 bits per heavy atom. The van der Waals surface area contributed by atoms with Gasteiger partial charge in [0.15, 0.2) is 0 Å². The highest BCUT2D eigenvalue weighted by molar-refractivity contribution is 5.95. The van der Waals surface area contributed by atoms with E-state index in [0.717, 1.165) is 0 Å². The highest BCUT2D eigenvalue weighted by Gasteiger charge is 2.19. The van der Waals surface area contributed by atoms with E-state index in [0.29, 0.717) is 0 Å². The average molecular weight is 358 g/mol. The Morgan fingerprint density at radius 2 is 1.12 bits per heavy atom. The lowest BCUT2D eigenvalue weighted by molar-refractivity contribution is -0.162. The Morgan fingerprint density at radius 1 is 0.680 bits per heavy atom. The molecule has 0 amide bonds. The van der Waals surface area contributed by atoms with Gasteiger partial charge in [0, 0.05) is 6.42 Å². The first-order chi connectivity index (χ1) is 11.6. The summed E-state index contributed by atoms with van der Waals surface area (Å²) < 4.78 is 14.6. The molecule has 9 heteroatoms. The van der Waals surface area contributed by atoms with E-state index in [-0.39, 0.29) is 37.6 Å². The van der Waals surface area contributed by atoms with Gasteiger partial charge >= 0.3 is 17.9 Å². The molecule has 0 saturated carbocycles. The van der Waals surface area contributed by atoms with Crippen LogP contribution in [0.5, 0.6) is 0 Å². The van der Waals surface area contributed by atoms with E-state index in [1.807, 2.05) is 0 Å². The molecule has 9 nitrogen and oxygen atoms in total. The highest BCUT2D eigenvalue weighted by Crippen LogP contribution is 2.05. The van der Waals surface area contributed by atoms with Crippen LogP contribution < -0.4 is 0 Å². The zero-order chi connectivity index (χ0) is 19.4. The van der Waals surface area contributed by atoms with Gasteiger partial charge in [0.1, 0.15) is 49.3 Å². The van der Waals surface area contributed by atoms with Gasteiger partial charge in [-0.15, -0.1) is 0 Å². The van der Waals surface area contributed by atoms with Crippen LogP contribution in [0, 0.1) is 0 Å². The van der Waals surface area contributed by atoms with Crippen LogP contribution in [-0.2, 0) is 43.0 Å². The molecule has 0 aliphatic rings. The summed E-state index contributed by atoms with van der Waals surface area (Å²) in [5.74, 6) is -3.45. The summed E-state index contributed by atoms with van der Waals surface area (Å²) in [7, 11) is 0. The number of ketones is 3. The van der Waals surface area contributed by atoms with Gasteiger partial charge in [-0.05, 0) is 20.8 Å². The predicted molar refractivity (Wildman–Crippen MR) is 82.3 cm³/mol. The maximum atomic E-state index is 11.5. The average Bonchev–Trinajstić information content (AvgIpc) is 2.41. The summed E-state index contributed by atoms with van der Waals surface area (Å²) in [6, 6.07) is 0. The van der Waals surface area contributed by atoms with Crippen LogP contribution in [0.1, 0.15) is 46.5 Å². The van der Waals surface area contributed by atoms with E-state index in [1.54, 1.807) is 0 Å². The summed E-state index contributed by atoms with van der Waals surface area (Å²) in [6.07, 6.45) is -2.18. The molecule has 0 aliphatic heterocycles. The fourth-order valence-electron chi connectivity index (χ4n) is 1.61. The quantitative estimate of drug-likeness (QED) is 0.275. The number of rotatable bonds is 12. The molecule has 0 aromatic heterocycles. The standard InChI is InChI=1S/C16H22O9/c1-10(17)6-14(20)23-5-4-13(25-16(22)8-12(3)19)9-24-15(21)7-11(2)18/h13H,4-9H2,1-3H3. The fourth-order valence-corrected chi connectivity index (χ4v) is 1.61. The molecule has 0 bridgehead atoms. The zero-order valence-corrected chi connectivity index (χ0v) is 14.5. The van der Waals surface area contributed by atoms with Gasteiger partial charge in [-0.25, -0.2) is 0 Å². The van der Waals surface area contributed by atoms with E-state index < -0.39 is 42.6 Å². The second kappa shape index (κ2) is 11.9. The van der Waals surface area contributed by atoms with E-state index in [2.05, 4.69) is 0 Å². The Labute approximate surface area is 145 Å². The molecule has 0 aromatic rings. The summed E-state index contributed by atoms with van der Waals surface area (Å²) in [4.78, 5) is 66.7. The van der Waals surface area contributed by atoms with Crippen molar-refractivity contribution in [3.63, 3.8) is 0 Å². The maximum Gasteiger partial charge on any atom is 0.313 e. The lowest BCUT2D eigenvalue weighted by Crippen LogP contribution is -2.28. The molecule has 0 saturated heterocycles. The molecule has 140 valence electrons. The smallest absolute Gasteiger partial charge is 0.313 e. The third kappa shape index (κ3) is 13.5. The van der Waals surface area contributed by atoms with Crippen molar-refractivity contribution in [3.8, 4) is 0 Å². The summed E-state index contributed by atoms with van der Waals surface area (Å²) in [6.45, 7) is 3.16. The molecule has 0 spiro atoms. The highest BCUT2D eigenvalue weighted by atomic mass is 16.6. The minimum absolute atomic E-state index is 0.000636. The number of hydrogen-bond donors (Lipinski definition) is 0. The van der Waals surface area contributed by atoms with Crippen molar-refractivity contribution in [2.24, 2.45) is 0 Å². The zero-order valence-electron chi connectivity index (χ0n) is 14.5. The molecule has 0 radical (unpaired) electrons. The Balaban J connectivity index is 4.50. The molecule has 0 aliphatic carbocycles. The van der Waals surface area contributed by atoms with Crippen molar-refractivity contribution in [2.45, 2.75) is 52.6 Å². The first-order valence-corrected chi connectivity index (χ1v) is 7.59. The van der Waals surface area contributed by atoms with Crippen molar-refractivity contribution in [3.05, 3.63) is 0 Å². The van der Waals surface area contributed by atoms with Gasteiger partial charge < -0.3 is 14.2 Å². The van der Waals surface area contributed by atoms with Crippen LogP contribution in [-0.4, -0.2) is 54.6 Å². The van der Waals surface area contributed by atoms with Crippen LogP contribution in [0.3, 0.4) is 0 Å². The van der Waals surface area contributed by atoms with E-state index in [9.17, 15) is 28.8 Å². The van der Waals surface area contributed by atoms with Crippen molar-refractivity contribution in [1.29, 1.82) is 0 Å². The van der Waals surface area contributed by atoms with Crippen molar-refractivity contribution < 1.29 is 43.0 Å². The van der Waals surface area contributed by atoms with Crippen molar-refractivity contribution in [1.82, 2.24) is 0 Å². The molecule has 1 unspecified atom stereocenters. The summed E-state index contributed by atoms with van der Waals surface area (Å²) >= 11 is 0. The van der Waals surface area contributed by atoms with Gasteiger partial charge in [0.2, 0.25) is 0 Å². The largest absolute Gasteiger partial charge is 0.465 e. The second-order valence-electron chi connectivity index (χ2n) is 5.44. The third-order valence-corrected chi connectivity index (χ3v) is 2.61. The lowest BCUT2D eigenvalue weighted by atomic mass is 10.2. The third-order valence-electron chi connectivity index (χ3n) is 2.61. The van der Waals surface area contributed by atoms with E-state index in [1.165, 1.54) is 20.8 Å². The normalized spacial score (nSPS) is 11.2. The predicted octanol–water partition coefficient (Wildman–Crippen LogP) is 0.312. The summed E-state index contributed by atoms with van der Waals surface area (Å²) in [5.41, 5.74) is 0. The van der Waals surface area contributed by atoms with Gasteiger partial charge in [0.25, 0.3) is 0 Å². The maximum absolute atomic E-state index is 11.5. The number of hydrogen-bond acceptors (Lipinski definition) is 9. The van der Waals surface area contributed by atoms with Crippen LogP contribution in [0.15, 0.2) is 0 Å². The first kappa shape index (κ1) is 22.4.